The Kier molecular flexibility index (Phi) is 3.82. The largest absolute Gasteiger partial charge is 0.609 e. The molecule has 2 aromatic carbocycles. The van der Waals surface area contributed by atoms with Crippen molar-refractivity contribution in [1.29, 1.82) is 0 Å². The van der Waals surface area contributed by atoms with Crippen LogP contribution in [0, 0.1) is 10.1 Å². The van der Waals surface area contributed by atoms with Gasteiger partial charge in [0, 0.05) is 35.9 Å². The number of aryl methyl sites for hydroxylation is 1. The van der Waals surface area contributed by atoms with E-state index in [1.54, 1.807) is 12.1 Å². The Bertz CT molecular complexity index is 830. The van der Waals surface area contributed by atoms with Gasteiger partial charge in [-0.3, -0.25) is 14.7 Å². The average Bonchev–Trinajstić information content (AvgIpc) is 2.85. The summed E-state index contributed by atoms with van der Waals surface area (Å²) in [7, 11) is 1.83. The first-order valence-electron chi connectivity index (χ1n) is 6.59. The quantitative estimate of drug-likeness (QED) is 0.421. The molecule has 112 valence electrons. The van der Waals surface area contributed by atoms with Crippen LogP contribution in [0.3, 0.4) is 0 Å². The third-order valence-corrected chi connectivity index (χ3v) is 4.76. The van der Waals surface area contributed by atoms with Crippen molar-refractivity contribution >= 4 is 27.9 Å². The zero-order valence-electron chi connectivity index (χ0n) is 11.8. The molecule has 0 saturated carbocycles. The molecule has 3 aromatic rings. The fourth-order valence-corrected chi connectivity index (χ4v) is 3.49. The predicted molar refractivity (Wildman–Crippen MR) is 83.9 cm³/mol. The van der Waals surface area contributed by atoms with Crippen LogP contribution in [0.2, 0.25) is 0 Å². The van der Waals surface area contributed by atoms with Crippen molar-refractivity contribution in [3.05, 3.63) is 64.2 Å². The topological polar surface area (TPSA) is 84.0 Å². The molecule has 0 spiro atoms. The molecular formula is C15H13N3O3S. The van der Waals surface area contributed by atoms with Crippen molar-refractivity contribution < 1.29 is 9.48 Å². The molecule has 0 N–H and O–H groups in total. The van der Waals surface area contributed by atoms with Crippen LogP contribution >= 0.6 is 0 Å². The summed E-state index contributed by atoms with van der Waals surface area (Å²) >= 11 is -1.31. The summed E-state index contributed by atoms with van der Waals surface area (Å²) in [6.07, 6.45) is 0. The van der Waals surface area contributed by atoms with Gasteiger partial charge in [-0.25, -0.2) is 0 Å². The number of rotatable bonds is 4. The molecule has 0 amide bonds. The van der Waals surface area contributed by atoms with Crippen molar-refractivity contribution in [2.45, 2.75) is 10.9 Å². The molecule has 1 atom stereocenters. The second-order valence-corrected chi connectivity index (χ2v) is 6.20. The molecule has 1 heterocycles. The molecule has 7 heteroatoms. The van der Waals surface area contributed by atoms with E-state index in [0.717, 1.165) is 16.6 Å². The number of aromatic nitrogens is 2. The molecule has 0 aliphatic carbocycles. The number of nitro groups is 1. The predicted octanol–water partition coefficient (Wildman–Crippen LogP) is 2.79. The molecule has 0 bridgehead atoms. The maximum atomic E-state index is 12.5. The number of para-hydroxylation sites is 2. The van der Waals surface area contributed by atoms with E-state index in [0.29, 0.717) is 5.16 Å². The van der Waals surface area contributed by atoms with Gasteiger partial charge in [-0.05, 0) is 24.3 Å². The third-order valence-electron chi connectivity index (χ3n) is 3.39. The van der Waals surface area contributed by atoms with Crippen molar-refractivity contribution in [2.75, 3.05) is 0 Å². The van der Waals surface area contributed by atoms with Gasteiger partial charge in [0.15, 0.2) is 0 Å². The Balaban J connectivity index is 1.85. The van der Waals surface area contributed by atoms with E-state index in [1.165, 1.54) is 12.1 Å². The van der Waals surface area contributed by atoms with Gasteiger partial charge in [0.1, 0.15) is 5.75 Å². The van der Waals surface area contributed by atoms with Gasteiger partial charge in [0.05, 0.1) is 16.0 Å². The SMILES string of the molecule is Cn1c([S+]([O-])Cc2ccc([N+](=O)[O-])cc2)nc2ccccc21. The highest BCUT2D eigenvalue weighted by atomic mass is 32.2. The normalized spacial score (nSPS) is 12.5. The van der Waals surface area contributed by atoms with Crippen LogP contribution < -0.4 is 0 Å². The van der Waals surface area contributed by atoms with Gasteiger partial charge >= 0.3 is 5.16 Å². The van der Waals surface area contributed by atoms with Crippen LogP contribution in [0.25, 0.3) is 11.0 Å². The van der Waals surface area contributed by atoms with Gasteiger partial charge in [0.2, 0.25) is 0 Å². The van der Waals surface area contributed by atoms with E-state index >= 15 is 0 Å². The number of fused-ring (bicyclic) bond motifs is 1. The molecule has 0 aliphatic heterocycles. The third kappa shape index (κ3) is 2.68. The Hall–Kier alpha value is -2.38. The lowest BCUT2D eigenvalue weighted by atomic mass is 10.2. The number of nitro benzene ring substituents is 1. The van der Waals surface area contributed by atoms with Crippen LogP contribution in [0.5, 0.6) is 0 Å². The number of benzene rings is 2. The van der Waals surface area contributed by atoms with E-state index in [1.807, 2.05) is 35.9 Å². The summed E-state index contributed by atoms with van der Waals surface area (Å²) in [5, 5.41) is 11.1. The molecule has 0 radical (unpaired) electrons. The second kappa shape index (κ2) is 5.78. The summed E-state index contributed by atoms with van der Waals surface area (Å²) in [4.78, 5) is 14.6. The Labute approximate surface area is 129 Å². The highest BCUT2D eigenvalue weighted by Gasteiger charge is 2.20. The van der Waals surface area contributed by atoms with Gasteiger partial charge in [0.25, 0.3) is 5.69 Å². The molecule has 3 rings (SSSR count). The summed E-state index contributed by atoms with van der Waals surface area (Å²) in [6, 6.07) is 13.7. The van der Waals surface area contributed by atoms with E-state index < -0.39 is 16.1 Å². The van der Waals surface area contributed by atoms with Crippen LogP contribution in [-0.2, 0) is 24.0 Å². The zero-order chi connectivity index (χ0) is 15.7. The minimum atomic E-state index is -1.31. The standard InChI is InChI=1S/C15H13N3O3S/c1-17-14-5-3-2-4-13(14)16-15(17)22(21)10-11-6-8-12(9-7-11)18(19)20/h2-9H,10H2,1H3. The number of hydrogen-bond acceptors (Lipinski definition) is 4. The average molecular weight is 315 g/mol. The molecule has 0 saturated heterocycles. The Morgan fingerprint density at radius 3 is 2.50 bits per heavy atom. The van der Waals surface area contributed by atoms with Crippen molar-refractivity contribution in [3.63, 3.8) is 0 Å². The van der Waals surface area contributed by atoms with E-state index in [-0.39, 0.29) is 11.4 Å². The lowest BCUT2D eigenvalue weighted by molar-refractivity contribution is -0.384. The number of hydrogen-bond donors (Lipinski definition) is 0. The summed E-state index contributed by atoms with van der Waals surface area (Å²) in [5.74, 6) is 0.273. The molecule has 1 unspecified atom stereocenters. The van der Waals surface area contributed by atoms with E-state index in [2.05, 4.69) is 4.98 Å². The number of nitrogens with zero attached hydrogens (tertiary/aromatic N) is 3. The summed E-state index contributed by atoms with van der Waals surface area (Å²) < 4.78 is 14.3. The van der Waals surface area contributed by atoms with E-state index in [9.17, 15) is 14.7 Å². The maximum absolute atomic E-state index is 12.5. The first-order valence-corrected chi connectivity index (χ1v) is 7.91. The molecule has 0 fully saturated rings. The zero-order valence-corrected chi connectivity index (χ0v) is 12.6. The second-order valence-electron chi connectivity index (χ2n) is 4.86. The van der Waals surface area contributed by atoms with Crippen molar-refractivity contribution in [3.8, 4) is 0 Å². The van der Waals surface area contributed by atoms with Gasteiger partial charge in [-0.1, -0.05) is 12.1 Å². The van der Waals surface area contributed by atoms with Crippen LogP contribution in [0.4, 0.5) is 5.69 Å². The Morgan fingerprint density at radius 1 is 1.18 bits per heavy atom. The van der Waals surface area contributed by atoms with Gasteiger partial charge in [-0.2, -0.15) is 4.98 Å². The summed E-state index contributed by atoms with van der Waals surface area (Å²) in [5.41, 5.74) is 2.53. The highest BCUT2D eigenvalue weighted by Crippen LogP contribution is 2.22. The van der Waals surface area contributed by atoms with Crippen LogP contribution in [0.15, 0.2) is 53.7 Å². The monoisotopic (exact) mass is 315 g/mol. The minimum absolute atomic E-state index is 0.0252. The molecule has 6 nitrogen and oxygen atoms in total. The first kappa shape index (κ1) is 14.6. The van der Waals surface area contributed by atoms with Crippen LogP contribution in [0.1, 0.15) is 5.56 Å². The molecule has 1 aromatic heterocycles. The highest BCUT2D eigenvalue weighted by molar-refractivity contribution is 7.90. The Morgan fingerprint density at radius 2 is 1.86 bits per heavy atom. The molecular weight excluding hydrogens is 302 g/mol. The van der Waals surface area contributed by atoms with Crippen molar-refractivity contribution in [1.82, 2.24) is 9.55 Å². The van der Waals surface area contributed by atoms with Gasteiger partial charge < -0.3 is 4.55 Å². The maximum Gasteiger partial charge on any atom is 0.324 e. The van der Waals surface area contributed by atoms with Crippen LogP contribution in [-0.4, -0.2) is 19.0 Å². The number of imidazole rings is 1. The van der Waals surface area contributed by atoms with Gasteiger partial charge in [-0.15, -0.1) is 0 Å². The lowest BCUT2D eigenvalue weighted by Crippen LogP contribution is -2.11. The molecule has 22 heavy (non-hydrogen) atoms. The molecule has 0 aliphatic rings. The van der Waals surface area contributed by atoms with Crippen molar-refractivity contribution in [2.24, 2.45) is 7.05 Å². The fraction of sp³-hybridized carbons (Fsp3) is 0.133. The summed E-state index contributed by atoms with van der Waals surface area (Å²) in [6.45, 7) is 0. The van der Waals surface area contributed by atoms with E-state index in [4.69, 9.17) is 0 Å². The smallest absolute Gasteiger partial charge is 0.324 e. The minimum Gasteiger partial charge on any atom is -0.609 e. The first-order chi connectivity index (χ1) is 10.6. The number of non-ortho nitro benzene ring substituents is 1. The fourth-order valence-electron chi connectivity index (χ4n) is 2.26. The lowest BCUT2D eigenvalue weighted by Gasteiger charge is -2.09.